The van der Waals surface area contributed by atoms with Crippen LogP contribution in [0.3, 0.4) is 0 Å². The third-order valence-electron chi connectivity index (χ3n) is 4.67. The first kappa shape index (κ1) is 16.7. The molecule has 0 bridgehead atoms. The van der Waals surface area contributed by atoms with Crippen molar-refractivity contribution in [2.75, 3.05) is 0 Å². The SMILES string of the molecule is C#CCCC[C@@H]1C[C@H]1OC(=O)NC(C(=O)O)C1CCCCC1. The van der Waals surface area contributed by atoms with Crippen molar-refractivity contribution in [2.24, 2.45) is 11.8 Å². The van der Waals surface area contributed by atoms with Gasteiger partial charge in [0.25, 0.3) is 0 Å². The van der Waals surface area contributed by atoms with E-state index in [-0.39, 0.29) is 12.0 Å². The lowest BCUT2D eigenvalue weighted by Gasteiger charge is -2.27. The van der Waals surface area contributed by atoms with Crippen molar-refractivity contribution >= 4 is 12.1 Å². The normalized spacial score (nSPS) is 25.8. The maximum Gasteiger partial charge on any atom is 0.408 e. The fourth-order valence-corrected chi connectivity index (χ4v) is 3.28. The molecule has 0 radical (unpaired) electrons. The van der Waals surface area contributed by atoms with E-state index in [4.69, 9.17) is 11.2 Å². The largest absolute Gasteiger partial charge is 0.480 e. The van der Waals surface area contributed by atoms with Crippen LogP contribution < -0.4 is 5.32 Å². The van der Waals surface area contributed by atoms with Crippen molar-refractivity contribution in [2.45, 2.75) is 69.9 Å². The fourth-order valence-electron chi connectivity index (χ4n) is 3.28. The molecule has 0 saturated heterocycles. The Bertz CT molecular complexity index is 436. The van der Waals surface area contributed by atoms with E-state index in [0.29, 0.717) is 5.92 Å². The number of aliphatic carboxylic acids is 1. The van der Waals surface area contributed by atoms with Gasteiger partial charge in [-0.3, -0.25) is 0 Å². The lowest BCUT2D eigenvalue weighted by molar-refractivity contribution is -0.141. The van der Waals surface area contributed by atoms with E-state index in [9.17, 15) is 14.7 Å². The van der Waals surface area contributed by atoms with Crippen molar-refractivity contribution in [1.29, 1.82) is 0 Å². The molecule has 2 N–H and O–H groups in total. The van der Waals surface area contributed by atoms with Crippen LogP contribution in [0.4, 0.5) is 4.79 Å². The van der Waals surface area contributed by atoms with Gasteiger partial charge in [0.2, 0.25) is 0 Å². The molecule has 1 amide bonds. The molecule has 5 nitrogen and oxygen atoms in total. The summed E-state index contributed by atoms with van der Waals surface area (Å²) in [5.74, 6) is 2.03. The molecular weight excluding hydrogens is 282 g/mol. The van der Waals surface area contributed by atoms with Gasteiger partial charge in [-0.15, -0.1) is 12.3 Å². The molecule has 2 saturated carbocycles. The molecule has 2 fully saturated rings. The molecule has 2 aliphatic rings. The van der Waals surface area contributed by atoms with Gasteiger partial charge in [-0.1, -0.05) is 19.3 Å². The summed E-state index contributed by atoms with van der Waals surface area (Å²) in [7, 11) is 0. The topological polar surface area (TPSA) is 75.6 Å². The minimum atomic E-state index is -0.967. The highest BCUT2D eigenvalue weighted by atomic mass is 16.6. The standard InChI is InChI=1S/C17H25NO4/c1-2-3-5-10-13-11-14(13)22-17(21)18-15(16(19)20)12-8-6-4-7-9-12/h1,12-15H,3-11H2,(H,18,21)(H,19,20)/t13-,14-,15?/m1/s1. The summed E-state index contributed by atoms with van der Waals surface area (Å²) in [5, 5.41) is 11.9. The summed E-state index contributed by atoms with van der Waals surface area (Å²) in [6.07, 6.45) is 13.0. The first-order valence-electron chi connectivity index (χ1n) is 8.25. The third-order valence-corrected chi connectivity index (χ3v) is 4.67. The monoisotopic (exact) mass is 307 g/mol. The summed E-state index contributed by atoms with van der Waals surface area (Å²) in [4.78, 5) is 23.3. The molecule has 2 aliphatic carbocycles. The Morgan fingerprint density at radius 3 is 2.68 bits per heavy atom. The van der Waals surface area contributed by atoms with E-state index in [1.807, 2.05) is 0 Å². The summed E-state index contributed by atoms with van der Waals surface area (Å²) in [5.41, 5.74) is 0. The number of carboxylic acid groups (broad SMARTS) is 1. The first-order chi connectivity index (χ1) is 10.6. The molecule has 3 atom stereocenters. The van der Waals surface area contributed by atoms with Crippen LogP contribution in [0.1, 0.15) is 57.8 Å². The predicted molar refractivity (Wildman–Crippen MR) is 82.2 cm³/mol. The summed E-state index contributed by atoms with van der Waals surface area (Å²) in [6, 6.07) is -0.827. The van der Waals surface area contributed by atoms with Crippen LogP contribution in [-0.4, -0.2) is 29.3 Å². The molecule has 0 aromatic rings. The minimum Gasteiger partial charge on any atom is -0.480 e. The number of unbranched alkanes of at least 4 members (excludes halogenated alkanes) is 1. The van der Waals surface area contributed by atoms with Crippen molar-refractivity contribution in [3.63, 3.8) is 0 Å². The first-order valence-corrected chi connectivity index (χ1v) is 8.25. The number of carboxylic acids is 1. The molecule has 0 aromatic carbocycles. The Balaban J connectivity index is 1.73. The van der Waals surface area contributed by atoms with E-state index in [0.717, 1.165) is 57.8 Å². The van der Waals surface area contributed by atoms with E-state index in [1.54, 1.807) is 0 Å². The van der Waals surface area contributed by atoms with Crippen molar-refractivity contribution in [3.05, 3.63) is 0 Å². The number of terminal acetylenes is 1. The van der Waals surface area contributed by atoms with Crippen LogP contribution in [-0.2, 0) is 9.53 Å². The summed E-state index contributed by atoms with van der Waals surface area (Å²) < 4.78 is 5.31. The number of carbonyl (C=O) groups excluding carboxylic acids is 1. The molecular formula is C17H25NO4. The van der Waals surface area contributed by atoms with Crippen molar-refractivity contribution < 1.29 is 19.4 Å². The summed E-state index contributed by atoms with van der Waals surface area (Å²) in [6.45, 7) is 0. The number of ether oxygens (including phenoxy) is 1. The van der Waals surface area contributed by atoms with Crippen LogP contribution >= 0.6 is 0 Å². The highest BCUT2D eigenvalue weighted by molar-refractivity contribution is 5.80. The number of alkyl carbamates (subject to hydrolysis) is 1. The van der Waals surface area contributed by atoms with Gasteiger partial charge in [-0.05, 0) is 43.9 Å². The maximum atomic E-state index is 11.9. The van der Waals surface area contributed by atoms with Gasteiger partial charge in [0.05, 0.1) is 0 Å². The van der Waals surface area contributed by atoms with Gasteiger partial charge in [-0.2, -0.15) is 0 Å². The fraction of sp³-hybridized carbons (Fsp3) is 0.765. The van der Waals surface area contributed by atoms with Crippen LogP contribution in [0.15, 0.2) is 0 Å². The highest BCUT2D eigenvalue weighted by Crippen LogP contribution is 2.38. The Hall–Kier alpha value is -1.70. The quantitative estimate of drug-likeness (QED) is 0.560. The molecule has 0 aliphatic heterocycles. The predicted octanol–water partition coefficient (Wildman–Crippen LogP) is 2.94. The molecule has 22 heavy (non-hydrogen) atoms. The van der Waals surface area contributed by atoms with E-state index < -0.39 is 18.1 Å². The molecule has 1 unspecified atom stereocenters. The zero-order chi connectivity index (χ0) is 15.9. The van der Waals surface area contributed by atoms with Gasteiger partial charge >= 0.3 is 12.1 Å². The maximum absolute atomic E-state index is 11.9. The second-order valence-electron chi connectivity index (χ2n) is 6.39. The van der Waals surface area contributed by atoms with Crippen LogP contribution in [0, 0.1) is 24.2 Å². The smallest absolute Gasteiger partial charge is 0.408 e. The van der Waals surface area contributed by atoms with Crippen LogP contribution in [0.5, 0.6) is 0 Å². The van der Waals surface area contributed by atoms with E-state index >= 15 is 0 Å². The summed E-state index contributed by atoms with van der Waals surface area (Å²) >= 11 is 0. The Kier molecular flexibility index (Phi) is 6.11. The number of hydrogen-bond acceptors (Lipinski definition) is 3. The number of amides is 1. The van der Waals surface area contributed by atoms with E-state index in [2.05, 4.69) is 11.2 Å². The lowest BCUT2D eigenvalue weighted by Crippen LogP contribution is -2.47. The van der Waals surface area contributed by atoms with Gasteiger partial charge in [0.15, 0.2) is 0 Å². The van der Waals surface area contributed by atoms with Crippen LogP contribution in [0.2, 0.25) is 0 Å². The number of rotatable bonds is 7. The Morgan fingerprint density at radius 2 is 2.05 bits per heavy atom. The minimum absolute atomic E-state index is 0.0180. The molecule has 2 rings (SSSR count). The van der Waals surface area contributed by atoms with Crippen molar-refractivity contribution in [3.8, 4) is 12.3 Å². The number of carbonyl (C=O) groups is 2. The second kappa shape index (κ2) is 8.07. The van der Waals surface area contributed by atoms with E-state index in [1.165, 1.54) is 0 Å². The average molecular weight is 307 g/mol. The molecule has 0 aromatic heterocycles. The number of nitrogens with one attached hydrogen (secondary N) is 1. The zero-order valence-corrected chi connectivity index (χ0v) is 12.9. The highest BCUT2D eigenvalue weighted by Gasteiger charge is 2.41. The Labute approximate surface area is 131 Å². The molecule has 0 spiro atoms. The third kappa shape index (κ3) is 4.94. The average Bonchev–Trinajstić information content (AvgIpc) is 3.23. The van der Waals surface area contributed by atoms with Gasteiger partial charge in [0.1, 0.15) is 12.1 Å². The van der Waals surface area contributed by atoms with Crippen LogP contribution in [0.25, 0.3) is 0 Å². The van der Waals surface area contributed by atoms with Crippen molar-refractivity contribution in [1.82, 2.24) is 5.32 Å². The van der Waals surface area contributed by atoms with Gasteiger partial charge < -0.3 is 15.2 Å². The van der Waals surface area contributed by atoms with Gasteiger partial charge in [0, 0.05) is 6.42 Å². The number of hydrogen-bond donors (Lipinski definition) is 2. The lowest BCUT2D eigenvalue weighted by atomic mass is 9.84. The molecule has 122 valence electrons. The second-order valence-corrected chi connectivity index (χ2v) is 6.39. The van der Waals surface area contributed by atoms with Gasteiger partial charge in [-0.25, -0.2) is 9.59 Å². The zero-order valence-electron chi connectivity index (χ0n) is 12.9. The Morgan fingerprint density at radius 1 is 1.32 bits per heavy atom. The molecule has 0 heterocycles. The molecule has 5 heteroatoms.